The van der Waals surface area contributed by atoms with E-state index in [1.807, 2.05) is 18.2 Å². The highest BCUT2D eigenvalue weighted by atomic mass is 16.5. The van der Waals surface area contributed by atoms with E-state index in [4.69, 9.17) is 9.84 Å². The van der Waals surface area contributed by atoms with Gasteiger partial charge in [-0.1, -0.05) is 42.5 Å². The Morgan fingerprint density at radius 2 is 1.91 bits per heavy atom. The van der Waals surface area contributed by atoms with Crippen molar-refractivity contribution < 1.29 is 24.5 Å². The molecule has 0 saturated heterocycles. The van der Waals surface area contributed by atoms with Crippen molar-refractivity contribution in [3.63, 3.8) is 0 Å². The number of H-pyrrole nitrogens is 1. The molecule has 0 fully saturated rings. The van der Waals surface area contributed by atoms with Gasteiger partial charge in [0.15, 0.2) is 5.72 Å². The average Bonchev–Trinajstić information content (AvgIpc) is 3.31. The Bertz CT molecular complexity index is 1400. The molecule has 1 aliphatic heterocycles. The minimum atomic E-state index is -1.76. The lowest BCUT2D eigenvalue weighted by atomic mass is 9.93. The number of para-hydroxylation sites is 1. The van der Waals surface area contributed by atoms with Gasteiger partial charge >= 0.3 is 6.09 Å². The van der Waals surface area contributed by atoms with Gasteiger partial charge in [0.05, 0.1) is 24.7 Å². The molecule has 166 valence electrons. The number of fused-ring (bicyclic) bond motifs is 2. The summed E-state index contributed by atoms with van der Waals surface area (Å²) in [4.78, 5) is 32.8. The fourth-order valence-electron chi connectivity index (χ4n) is 4.30. The smallest absolute Gasteiger partial charge is 0.411 e. The molecular weight excluding hydrogens is 424 g/mol. The summed E-state index contributed by atoms with van der Waals surface area (Å²) in [5, 5.41) is 23.2. The number of methoxy groups -OCH3 is 1. The Morgan fingerprint density at radius 1 is 1.15 bits per heavy atom. The first kappa shape index (κ1) is 20.5. The van der Waals surface area contributed by atoms with Crippen LogP contribution in [0.2, 0.25) is 0 Å². The third kappa shape index (κ3) is 3.26. The first-order chi connectivity index (χ1) is 15.9. The zero-order chi connectivity index (χ0) is 23.2. The van der Waals surface area contributed by atoms with Gasteiger partial charge in [-0.15, -0.1) is 0 Å². The van der Waals surface area contributed by atoms with Crippen molar-refractivity contribution in [2.24, 2.45) is 0 Å². The van der Waals surface area contributed by atoms with E-state index in [1.165, 1.54) is 4.90 Å². The SMILES string of the molecule is COc1ccccc1CN1C(=O)c2ccccc2C1(O)c1ccc2nc(NC(=O)O)[nH]c2c1. The van der Waals surface area contributed by atoms with Crippen molar-refractivity contribution in [3.8, 4) is 5.75 Å². The Labute approximate surface area is 188 Å². The molecule has 4 N–H and O–H groups in total. The number of carboxylic acid groups (broad SMARTS) is 1. The van der Waals surface area contributed by atoms with Crippen molar-refractivity contribution in [3.05, 3.63) is 89.0 Å². The number of nitrogens with zero attached hydrogens (tertiary/aromatic N) is 2. The summed E-state index contributed by atoms with van der Waals surface area (Å²) in [7, 11) is 1.56. The van der Waals surface area contributed by atoms with Crippen LogP contribution >= 0.6 is 0 Å². The quantitative estimate of drug-likeness (QED) is 0.373. The zero-order valence-corrected chi connectivity index (χ0v) is 17.6. The summed E-state index contributed by atoms with van der Waals surface area (Å²) in [5.74, 6) is 0.365. The number of anilines is 1. The van der Waals surface area contributed by atoms with E-state index in [-0.39, 0.29) is 18.4 Å². The van der Waals surface area contributed by atoms with E-state index >= 15 is 0 Å². The van der Waals surface area contributed by atoms with Crippen LogP contribution in [0.15, 0.2) is 66.7 Å². The summed E-state index contributed by atoms with van der Waals surface area (Å²) < 4.78 is 5.45. The number of hydrogen-bond acceptors (Lipinski definition) is 5. The van der Waals surface area contributed by atoms with Crippen LogP contribution in [0.3, 0.4) is 0 Å². The van der Waals surface area contributed by atoms with Crippen LogP contribution in [-0.2, 0) is 12.3 Å². The van der Waals surface area contributed by atoms with Gasteiger partial charge in [-0.3, -0.25) is 15.0 Å². The molecule has 4 aromatic rings. The maximum Gasteiger partial charge on any atom is 0.411 e. The van der Waals surface area contributed by atoms with Crippen LogP contribution in [0.4, 0.5) is 10.7 Å². The third-order valence-electron chi connectivity index (χ3n) is 5.80. The lowest BCUT2D eigenvalue weighted by Gasteiger charge is -2.35. The largest absolute Gasteiger partial charge is 0.496 e. The summed E-state index contributed by atoms with van der Waals surface area (Å²) in [5.41, 5.74) is 1.33. The summed E-state index contributed by atoms with van der Waals surface area (Å²) in [6.45, 7) is 0.112. The van der Waals surface area contributed by atoms with E-state index in [1.54, 1.807) is 55.6 Å². The van der Waals surface area contributed by atoms with Crippen molar-refractivity contribution in [2.75, 3.05) is 12.4 Å². The van der Waals surface area contributed by atoms with E-state index < -0.39 is 11.8 Å². The number of aromatic amines is 1. The van der Waals surface area contributed by atoms with Gasteiger partial charge < -0.3 is 19.9 Å². The molecule has 1 unspecified atom stereocenters. The normalized spacial score (nSPS) is 17.3. The number of hydrogen-bond donors (Lipinski definition) is 4. The second-order valence-electron chi connectivity index (χ2n) is 7.67. The second-order valence-corrected chi connectivity index (χ2v) is 7.67. The van der Waals surface area contributed by atoms with Crippen LogP contribution in [-0.4, -0.2) is 44.2 Å². The van der Waals surface area contributed by atoms with Crippen molar-refractivity contribution in [2.45, 2.75) is 12.3 Å². The van der Waals surface area contributed by atoms with Crippen molar-refractivity contribution >= 4 is 29.0 Å². The number of nitrogens with one attached hydrogen (secondary N) is 2. The first-order valence-corrected chi connectivity index (χ1v) is 10.2. The monoisotopic (exact) mass is 444 g/mol. The molecule has 2 amide bonds. The number of imidazole rings is 1. The van der Waals surface area contributed by atoms with Crippen LogP contribution in [0.5, 0.6) is 5.75 Å². The zero-order valence-electron chi connectivity index (χ0n) is 17.6. The molecule has 9 heteroatoms. The number of ether oxygens (including phenoxy) is 1. The van der Waals surface area contributed by atoms with Crippen molar-refractivity contribution in [1.29, 1.82) is 0 Å². The van der Waals surface area contributed by atoms with E-state index in [0.29, 0.717) is 33.5 Å². The van der Waals surface area contributed by atoms with E-state index in [9.17, 15) is 14.7 Å². The molecule has 0 saturated carbocycles. The lowest BCUT2D eigenvalue weighted by Crippen LogP contribution is -2.44. The average molecular weight is 444 g/mol. The van der Waals surface area contributed by atoms with Crippen LogP contribution in [0, 0.1) is 0 Å². The van der Waals surface area contributed by atoms with Gasteiger partial charge in [0.2, 0.25) is 5.95 Å². The minimum absolute atomic E-state index is 0.0652. The highest BCUT2D eigenvalue weighted by molar-refractivity contribution is 6.00. The molecule has 1 aliphatic rings. The molecule has 9 nitrogen and oxygen atoms in total. The molecule has 0 aliphatic carbocycles. The number of carbonyl (C=O) groups is 2. The van der Waals surface area contributed by atoms with Gasteiger partial charge in [0, 0.05) is 22.3 Å². The van der Waals surface area contributed by atoms with Crippen LogP contribution in [0.25, 0.3) is 11.0 Å². The fourth-order valence-corrected chi connectivity index (χ4v) is 4.30. The fraction of sp³-hybridized carbons (Fsp3) is 0.125. The second kappa shape index (κ2) is 7.64. The molecule has 1 atom stereocenters. The molecule has 0 bridgehead atoms. The minimum Gasteiger partial charge on any atom is -0.496 e. The van der Waals surface area contributed by atoms with Gasteiger partial charge in [0.25, 0.3) is 5.91 Å². The summed E-state index contributed by atoms with van der Waals surface area (Å²) in [6, 6.07) is 19.3. The summed E-state index contributed by atoms with van der Waals surface area (Å²) >= 11 is 0. The number of aliphatic hydroxyl groups is 1. The molecule has 3 aromatic carbocycles. The lowest BCUT2D eigenvalue weighted by molar-refractivity contribution is -0.0544. The maximum absolute atomic E-state index is 13.4. The number of aromatic nitrogens is 2. The predicted octanol–water partition coefficient (Wildman–Crippen LogP) is 3.51. The van der Waals surface area contributed by atoms with E-state index in [0.717, 1.165) is 5.56 Å². The Hall–Kier alpha value is -4.37. The first-order valence-electron chi connectivity index (χ1n) is 10.2. The highest BCUT2D eigenvalue weighted by Crippen LogP contribution is 2.44. The topological polar surface area (TPSA) is 128 Å². The van der Waals surface area contributed by atoms with Gasteiger partial charge in [0.1, 0.15) is 5.75 Å². The van der Waals surface area contributed by atoms with E-state index in [2.05, 4.69) is 15.3 Å². The molecule has 2 heterocycles. The van der Waals surface area contributed by atoms with Gasteiger partial charge in [-0.25, -0.2) is 9.78 Å². The van der Waals surface area contributed by atoms with Crippen molar-refractivity contribution in [1.82, 2.24) is 14.9 Å². The molecule has 0 spiro atoms. The third-order valence-corrected chi connectivity index (χ3v) is 5.80. The number of carbonyl (C=O) groups excluding carboxylic acids is 1. The van der Waals surface area contributed by atoms with Crippen LogP contribution < -0.4 is 10.1 Å². The highest BCUT2D eigenvalue weighted by Gasteiger charge is 2.50. The van der Waals surface area contributed by atoms with Gasteiger partial charge in [-0.05, 0) is 24.3 Å². The standard InChI is InChI=1S/C24H20N4O5/c1-33-20-9-5-2-6-14(20)13-28-21(29)16-7-3-4-8-17(16)24(28,32)15-10-11-18-19(12-15)26-22(25-18)27-23(30)31/h2-12,32H,13H2,1H3,(H,30,31)(H2,25,26,27). The number of benzene rings is 3. The number of amides is 2. The van der Waals surface area contributed by atoms with Gasteiger partial charge in [-0.2, -0.15) is 0 Å². The molecule has 1 aromatic heterocycles. The summed E-state index contributed by atoms with van der Waals surface area (Å²) in [6.07, 6.45) is -1.24. The molecular formula is C24H20N4O5. The van der Waals surface area contributed by atoms with Crippen LogP contribution in [0.1, 0.15) is 27.0 Å². The molecule has 0 radical (unpaired) electrons. The Morgan fingerprint density at radius 3 is 2.70 bits per heavy atom. The Balaban J connectivity index is 1.64. The maximum atomic E-state index is 13.4. The molecule has 5 rings (SSSR count). The number of rotatable bonds is 5. The molecule has 33 heavy (non-hydrogen) atoms. The predicted molar refractivity (Wildman–Crippen MR) is 120 cm³/mol. The Kier molecular flexibility index (Phi) is 4.75.